The van der Waals surface area contributed by atoms with Crippen molar-refractivity contribution in [2.45, 2.75) is 26.3 Å². The van der Waals surface area contributed by atoms with Crippen LogP contribution < -0.4 is 5.32 Å². The van der Waals surface area contributed by atoms with Gasteiger partial charge in [0.1, 0.15) is 5.82 Å². The third-order valence-electron chi connectivity index (χ3n) is 3.97. The molecule has 0 aliphatic rings. The minimum atomic E-state index is -0.276. The average molecular weight is 327 g/mol. The molecule has 3 aromatic rings. The molecular formula is C19H18FNOS. The quantitative estimate of drug-likeness (QED) is 0.698. The Labute approximate surface area is 139 Å². The number of nitrogens with one attached hydrogen (secondary N) is 1. The van der Waals surface area contributed by atoms with Crippen LogP contribution in [0.4, 0.5) is 4.39 Å². The molecule has 1 heterocycles. The number of fused-ring (bicyclic) bond motifs is 1. The number of hydrogen-bond donors (Lipinski definition) is 1. The fraction of sp³-hybridized carbons (Fsp3) is 0.211. The Morgan fingerprint density at radius 3 is 2.74 bits per heavy atom. The molecule has 1 unspecified atom stereocenters. The molecular weight excluding hydrogens is 309 g/mol. The van der Waals surface area contributed by atoms with E-state index in [0.29, 0.717) is 11.1 Å². The van der Waals surface area contributed by atoms with Gasteiger partial charge in [-0.2, -0.15) is 0 Å². The maximum absolute atomic E-state index is 14.2. The van der Waals surface area contributed by atoms with Gasteiger partial charge in [-0.1, -0.05) is 25.1 Å². The molecule has 1 atom stereocenters. The maximum Gasteiger partial charge on any atom is 0.251 e. The molecule has 23 heavy (non-hydrogen) atoms. The van der Waals surface area contributed by atoms with E-state index in [2.05, 4.69) is 5.32 Å². The van der Waals surface area contributed by atoms with Crippen molar-refractivity contribution in [1.29, 1.82) is 0 Å². The highest BCUT2D eigenvalue weighted by Crippen LogP contribution is 2.35. The van der Waals surface area contributed by atoms with Gasteiger partial charge in [-0.05, 0) is 48.4 Å². The topological polar surface area (TPSA) is 29.1 Å². The number of amides is 1. The molecule has 118 valence electrons. The van der Waals surface area contributed by atoms with E-state index < -0.39 is 0 Å². The molecule has 0 fully saturated rings. The minimum absolute atomic E-state index is 0.109. The van der Waals surface area contributed by atoms with Crippen LogP contribution in [0.1, 0.15) is 30.6 Å². The van der Waals surface area contributed by atoms with Crippen LogP contribution in [0, 0.1) is 5.82 Å². The summed E-state index contributed by atoms with van der Waals surface area (Å²) in [6, 6.07) is 12.4. The van der Waals surface area contributed by atoms with Gasteiger partial charge in [0.25, 0.3) is 5.91 Å². The number of thiophene rings is 1. The summed E-state index contributed by atoms with van der Waals surface area (Å²) in [5, 5.41) is 5.89. The molecule has 1 N–H and O–H groups in total. The number of carbonyl (C=O) groups excluding carboxylic acids is 1. The Hall–Kier alpha value is -2.20. The van der Waals surface area contributed by atoms with Crippen molar-refractivity contribution >= 4 is 27.3 Å². The van der Waals surface area contributed by atoms with E-state index in [1.165, 1.54) is 6.07 Å². The summed E-state index contributed by atoms with van der Waals surface area (Å²) in [6.07, 6.45) is 0.868. The van der Waals surface area contributed by atoms with Crippen LogP contribution in [-0.4, -0.2) is 11.9 Å². The van der Waals surface area contributed by atoms with Crippen molar-refractivity contribution in [3.8, 4) is 11.1 Å². The van der Waals surface area contributed by atoms with Crippen LogP contribution in [0.3, 0.4) is 0 Å². The molecule has 1 aromatic heterocycles. The molecule has 0 radical (unpaired) electrons. The van der Waals surface area contributed by atoms with Gasteiger partial charge in [0.2, 0.25) is 0 Å². The molecule has 1 amide bonds. The number of hydrogen-bond acceptors (Lipinski definition) is 2. The van der Waals surface area contributed by atoms with E-state index in [-0.39, 0.29) is 17.8 Å². The first-order chi connectivity index (χ1) is 11.1. The van der Waals surface area contributed by atoms with Gasteiger partial charge < -0.3 is 5.32 Å². The van der Waals surface area contributed by atoms with E-state index in [1.807, 2.05) is 37.4 Å². The standard InChI is InChI=1S/C19H18FNOS/c1-3-12(2)21-19(22)14-10-13-8-9-23-18(13)16(11-14)15-6-4-5-7-17(15)20/h4-12H,3H2,1-2H3,(H,21,22). The lowest BCUT2D eigenvalue weighted by atomic mass is 10.00. The van der Waals surface area contributed by atoms with Crippen molar-refractivity contribution in [3.63, 3.8) is 0 Å². The molecule has 2 nitrogen and oxygen atoms in total. The van der Waals surface area contributed by atoms with Gasteiger partial charge in [0, 0.05) is 27.4 Å². The highest BCUT2D eigenvalue weighted by molar-refractivity contribution is 7.17. The lowest BCUT2D eigenvalue weighted by molar-refractivity contribution is 0.0939. The van der Waals surface area contributed by atoms with E-state index in [4.69, 9.17) is 0 Å². The molecule has 0 bridgehead atoms. The van der Waals surface area contributed by atoms with Gasteiger partial charge in [-0.3, -0.25) is 4.79 Å². The second kappa shape index (κ2) is 6.50. The molecule has 2 aromatic carbocycles. The molecule has 0 saturated carbocycles. The zero-order chi connectivity index (χ0) is 16.4. The van der Waals surface area contributed by atoms with Crippen molar-refractivity contribution in [2.75, 3.05) is 0 Å². The average Bonchev–Trinajstić information content (AvgIpc) is 3.02. The molecule has 0 saturated heterocycles. The predicted molar refractivity (Wildman–Crippen MR) is 94.4 cm³/mol. The monoisotopic (exact) mass is 327 g/mol. The fourth-order valence-electron chi connectivity index (χ4n) is 2.50. The Bertz CT molecular complexity index is 855. The highest BCUT2D eigenvalue weighted by Gasteiger charge is 2.15. The second-order valence-electron chi connectivity index (χ2n) is 5.63. The van der Waals surface area contributed by atoms with E-state index >= 15 is 0 Å². The third-order valence-corrected chi connectivity index (χ3v) is 4.93. The smallest absolute Gasteiger partial charge is 0.251 e. The number of halogens is 1. The van der Waals surface area contributed by atoms with Crippen LogP contribution in [0.15, 0.2) is 47.8 Å². The van der Waals surface area contributed by atoms with Gasteiger partial charge in [-0.15, -0.1) is 11.3 Å². The van der Waals surface area contributed by atoms with Crippen molar-refractivity contribution in [2.24, 2.45) is 0 Å². The lowest BCUT2D eigenvalue weighted by Crippen LogP contribution is -2.31. The van der Waals surface area contributed by atoms with Crippen LogP contribution in [0.2, 0.25) is 0 Å². The van der Waals surface area contributed by atoms with Crippen molar-refractivity contribution in [1.82, 2.24) is 5.32 Å². The molecule has 0 spiro atoms. The molecule has 0 aliphatic heterocycles. The maximum atomic E-state index is 14.2. The fourth-order valence-corrected chi connectivity index (χ4v) is 3.41. The highest BCUT2D eigenvalue weighted by atomic mass is 32.1. The van der Waals surface area contributed by atoms with Gasteiger partial charge >= 0.3 is 0 Å². The summed E-state index contributed by atoms with van der Waals surface area (Å²) in [6.45, 7) is 4.00. The van der Waals surface area contributed by atoms with Crippen LogP contribution >= 0.6 is 11.3 Å². The second-order valence-corrected chi connectivity index (χ2v) is 6.54. The Balaban J connectivity index is 2.12. The number of rotatable bonds is 4. The summed E-state index contributed by atoms with van der Waals surface area (Å²) in [4.78, 5) is 12.4. The first-order valence-electron chi connectivity index (χ1n) is 7.67. The zero-order valence-electron chi connectivity index (χ0n) is 13.1. The lowest BCUT2D eigenvalue weighted by Gasteiger charge is -2.13. The van der Waals surface area contributed by atoms with Crippen molar-refractivity contribution < 1.29 is 9.18 Å². The van der Waals surface area contributed by atoms with Crippen LogP contribution in [-0.2, 0) is 0 Å². The van der Waals surface area contributed by atoms with Gasteiger partial charge in [0.15, 0.2) is 0 Å². The first kappa shape index (κ1) is 15.7. The molecule has 4 heteroatoms. The molecule has 0 aliphatic carbocycles. The van der Waals surface area contributed by atoms with E-state index in [1.54, 1.807) is 29.5 Å². The summed E-state index contributed by atoms with van der Waals surface area (Å²) in [5.41, 5.74) is 1.86. The zero-order valence-corrected chi connectivity index (χ0v) is 13.9. The van der Waals surface area contributed by atoms with Gasteiger partial charge in [-0.25, -0.2) is 4.39 Å². The van der Waals surface area contributed by atoms with Crippen molar-refractivity contribution in [3.05, 3.63) is 59.2 Å². The SMILES string of the molecule is CCC(C)NC(=O)c1cc(-c2ccccc2F)c2sccc2c1. The van der Waals surface area contributed by atoms with Crippen LogP contribution in [0.25, 0.3) is 21.2 Å². The van der Waals surface area contributed by atoms with E-state index in [9.17, 15) is 9.18 Å². The minimum Gasteiger partial charge on any atom is -0.350 e. The predicted octanol–water partition coefficient (Wildman–Crippen LogP) is 5.24. The summed E-state index contributed by atoms with van der Waals surface area (Å²) in [7, 11) is 0. The summed E-state index contributed by atoms with van der Waals surface area (Å²) in [5.74, 6) is -0.397. The first-order valence-corrected chi connectivity index (χ1v) is 8.55. The number of benzene rings is 2. The largest absolute Gasteiger partial charge is 0.350 e. The Kier molecular flexibility index (Phi) is 4.44. The molecule has 3 rings (SSSR count). The Morgan fingerprint density at radius 1 is 1.22 bits per heavy atom. The third kappa shape index (κ3) is 3.13. The normalized spacial score (nSPS) is 12.3. The van der Waals surface area contributed by atoms with Gasteiger partial charge in [0.05, 0.1) is 0 Å². The summed E-state index contributed by atoms with van der Waals surface area (Å²) < 4.78 is 15.2. The van der Waals surface area contributed by atoms with E-state index in [0.717, 1.165) is 22.1 Å². The Morgan fingerprint density at radius 2 is 2.00 bits per heavy atom. The summed E-state index contributed by atoms with van der Waals surface area (Å²) >= 11 is 1.56. The van der Waals surface area contributed by atoms with Crippen LogP contribution in [0.5, 0.6) is 0 Å². The number of carbonyl (C=O) groups is 1.